The van der Waals surface area contributed by atoms with E-state index < -0.39 is 0 Å². The fourth-order valence-electron chi connectivity index (χ4n) is 2.16. The van der Waals surface area contributed by atoms with E-state index in [0.29, 0.717) is 17.5 Å². The van der Waals surface area contributed by atoms with Crippen molar-refractivity contribution in [2.24, 2.45) is 0 Å². The van der Waals surface area contributed by atoms with E-state index in [-0.39, 0.29) is 5.91 Å². The van der Waals surface area contributed by atoms with Crippen LogP contribution in [0.3, 0.4) is 0 Å². The van der Waals surface area contributed by atoms with Gasteiger partial charge in [-0.1, -0.05) is 37.3 Å². The summed E-state index contributed by atoms with van der Waals surface area (Å²) >= 11 is 1.42. The van der Waals surface area contributed by atoms with Crippen molar-refractivity contribution in [3.05, 3.63) is 59.4 Å². The van der Waals surface area contributed by atoms with Gasteiger partial charge in [-0.05, 0) is 29.8 Å². The van der Waals surface area contributed by atoms with Gasteiger partial charge in [0.25, 0.3) is 0 Å². The maximum absolute atomic E-state index is 12.1. The standard InChI is InChI=1S/C17H18N4OS/c1-12(2)16-19-20-17(23-16)18-15(22)11-13-5-7-14(8-6-13)21-9-3-4-10-21/h3-10,12H,11H2,1-2H3,(H,18,20,22). The molecule has 0 saturated heterocycles. The highest BCUT2D eigenvalue weighted by atomic mass is 32.1. The molecule has 0 atom stereocenters. The number of aromatic nitrogens is 3. The summed E-state index contributed by atoms with van der Waals surface area (Å²) in [7, 11) is 0. The molecule has 1 aromatic carbocycles. The number of rotatable bonds is 5. The van der Waals surface area contributed by atoms with Crippen LogP contribution in [-0.2, 0) is 11.2 Å². The number of carbonyl (C=O) groups excluding carboxylic acids is 1. The predicted molar refractivity (Wildman–Crippen MR) is 92.1 cm³/mol. The largest absolute Gasteiger partial charge is 0.324 e. The molecule has 6 heteroatoms. The van der Waals surface area contributed by atoms with Crippen molar-refractivity contribution in [3.63, 3.8) is 0 Å². The molecule has 1 N–H and O–H groups in total. The van der Waals surface area contributed by atoms with Crippen LogP contribution in [0.2, 0.25) is 0 Å². The predicted octanol–water partition coefficient (Wildman–Crippen LogP) is 3.63. The number of nitrogens with zero attached hydrogens (tertiary/aromatic N) is 3. The van der Waals surface area contributed by atoms with E-state index >= 15 is 0 Å². The van der Waals surface area contributed by atoms with Gasteiger partial charge in [-0.2, -0.15) is 0 Å². The van der Waals surface area contributed by atoms with Gasteiger partial charge in [0.05, 0.1) is 6.42 Å². The minimum Gasteiger partial charge on any atom is -0.324 e. The van der Waals surface area contributed by atoms with Crippen molar-refractivity contribution >= 4 is 22.4 Å². The molecule has 23 heavy (non-hydrogen) atoms. The van der Waals surface area contributed by atoms with E-state index in [1.807, 2.05) is 53.4 Å². The molecule has 0 aliphatic rings. The molecular formula is C17H18N4OS. The van der Waals surface area contributed by atoms with Crippen LogP contribution in [0, 0.1) is 0 Å². The third kappa shape index (κ3) is 3.84. The maximum Gasteiger partial charge on any atom is 0.230 e. The molecule has 0 spiro atoms. The van der Waals surface area contributed by atoms with E-state index in [1.165, 1.54) is 11.3 Å². The highest BCUT2D eigenvalue weighted by molar-refractivity contribution is 7.15. The molecule has 118 valence electrons. The Hall–Kier alpha value is -2.47. The SMILES string of the molecule is CC(C)c1nnc(NC(=O)Cc2ccc(-n3cccc3)cc2)s1. The Morgan fingerprint density at radius 1 is 1.17 bits per heavy atom. The molecule has 5 nitrogen and oxygen atoms in total. The second-order valence-electron chi connectivity index (χ2n) is 5.58. The van der Waals surface area contributed by atoms with Crippen LogP contribution >= 0.6 is 11.3 Å². The van der Waals surface area contributed by atoms with Gasteiger partial charge in [0.1, 0.15) is 5.01 Å². The first kappa shape index (κ1) is 15.4. The molecular weight excluding hydrogens is 308 g/mol. The van der Waals surface area contributed by atoms with Gasteiger partial charge in [-0.15, -0.1) is 10.2 Å². The fourth-order valence-corrected chi connectivity index (χ4v) is 2.92. The second kappa shape index (κ2) is 6.75. The summed E-state index contributed by atoms with van der Waals surface area (Å²) in [6.45, 7) is 4.11. The molecule has 3 aromatic rings. The van der Waals surface area contributed by atoms with E-state index in [1.54, 1.807) is 0 Å². The lowest BCUT2D eigenvalue weighted by molar-refractivity contribution is -0.115. The first-order valence-electron chi connectivity index (χ1n) is 7.47. The normalized spacial score (nSPS) is 10.9. The van der Waals surface area contributed by atoms with Gasteiger partial charge < -0.3 is 9.88 Å². The number of nitrogens with one attached hydrogen (secondary N) is 1. The Balaban J connectivity index is 1.61. The van der Waals surface area contributed by atoms with Gasteiger partial charge >= 0.3 is 0 Å². The van der Waals surface area contributed by atoms with E-state index in [9.17, 15) is 4.79 Å². The lowest BCUT2D eigenvalue weighted by Crippen LogP contribution is -2.14. The summed E-state index contributed by atoms with van der Waals surface area (Å²) < 4.78 is 2.03. The molecule has 0 fully saturated rings. The number of anilines is 1. The van der Waals surface area contributed by atoms with E-state index in [0.717, 1.165) is 16.3 Å². The van der Waals surface area contributed by atoms with E-state index in [2.05, 4.69) is 29.4 Å². The van der Waals surface area contributed by atoms with Crippen molar-refractivity contribution in [3.8, 4) is 5.69 Å². The van der Waals surface area contributed by atoms with Crippen LogP contribution in [0.5, 0.6) is 0 Å². The Morgan fingerprint density at radius 2 is 1.87 bits per heavy atom. The summed E-state index contributed by atoms with van der Waals surface area (Å²) in [6.07, 6.45) is 4.30. The lowest BCUT2D eigenvalue weighted by atomic mass is 10.1. The Bertz CT molecular complexity index is 775. The topological polar surface area (TPSA) is 59.8 Å². The fraction of sp³-hybridized carbons (Fsp3) is 0.235. The second-order valence-corrected chi connectivity index (χ2v) is 6.59. The van der Waals surface area contributed by atoms with Gasteiger partial charge in [0.2, 0.25) is 11.0 Å². The van der Waals surface area contributed by atoms with Crippen LogP contribution in [0.15, 0.2) is 48.8 Å². The zero-order chi connectivity index (χ0) is 16.2. The molecule has 0 aliphatic heterocycles. The number of carbonyl (C=O) groups is 1. The zero-order valence-electron chi connectivity index (χ0n) is 13.1. The molecule has 0 saturated carbocycles. The number of hydrogen-bond donors (Lipinski definition) is 1. The average molecular weight is 326 g/mol. The lowest BCUT2D eigenvalue weighted by Gasteiger charge is -2.05. The van der Waals surface area contributed by atoms with Crippen molar-refractivity contribution in [1.29, 1.82) is 0 Å². The molecule has 0 aliphatic carbocycles. The quantitative estimate of drug-likeness (QED) is 0.779. The highest BCUT2D eigenvalue weighted by Crippen LogP contribution is 2.22. The molecule has 2 heterocycles. The summed E-state index contributed by atoms with van der Waals surface area (Å²) in [5, 5.41) is 12.4. The number of hydrogen-bond acceptors (Lipinski definition) is 4. The third-order valence-electron chi connectivity index (χ3n) is 3.38. The number of benzene rings is 1. The summed E-state index contributed by atoms with van der Waals surface area (Å²) in [4.78, 5) is 12.1. The van der Waals surface area contributed by atoms with Crippen LogP contribution in [0.1, 0.15) is 30.3 Å². The Morgan fingerprint density at radius 3 is 2.48 bits per heavy atom. The maximum atomic E-state index is 12.1. The Labute approximate surface area is 139 Å². The first-order valence-corrected chi connectivity index (χ1v) is 8.29. The van der Waals surface area contributed by atoms with Crippen LogP contribution < -0.4 is 5.32 Å². The van der Waals surface area contributed by atoms with Gasteiger partial charge in [0.15, 0.2) is 0 Å². The smallest absolute Gasteiger partial charge is 0.230 e. The monoisotopic (exact) mass is 326 g/mol. The molecule has 0 bridgehead atoms. The highest BCUT2D eigenvalue weighted by Gasteiger charge is 2.11. The molecule has 1 amide bonds. The van der Waals surface area contributed by atoms with Gasteiger partial charge in [-0.3, -0.25) is 4.79 Å². The van der Waals surface area contributed by atoms with Crippen LogP contribution in [0.25, 0.3) is 5.69 Å². The van der Waals surface area contributed by atoms with Gasteiger partial charge in [0, 0.05) is 24.0 Å². The van der Waals surface area contributed by atoms with Crippen LogP contribution in [-0.4, -0.2) is 20.7 Å². The molecule has 2 aromatic heterocycles. The summed E-state index contributed by atoms with van der Waals surface area (Å²) in [5.74, 6) is 0.240. The average Bonchev–Trinajstić information content (AvgIpc) is 3.19. The minimum absolute atomic E-state index is 0.0785. The zero-order valence-corrected chi connectivity index (χ0v) is 13.9. The van der Waals surface area contributed by atoms with Crippen molar-refractivity contribution in [2.75, 3.05) is 5.32 Å². The van der Waals surface area contributed by atoms with Crippen molar-refractivity contribution < 1.29 is 4.79 Å². The van der Waals surface area contributed by atoms with E-state index in [4.69, 9.17) is 0 Å². The number of amides is 1. The van der Waals surface area contributed by atoms with Crippen LogP contribution in [0.4, 0.5) is 5.13 Å². The third-order valence-corrected chi connectivity index (χ3v) is 4.52. The molecule has 3 rings (SSSR count). The van der Waals surface area contributed by atoms with Crippen molar-refractivity contribution in [1.82, 2.24) is 14.8 Å². The first-order chi connectivity index (χ1) is 11.1. The Kier molecular flexibility index (Phi) is 4.52. The summed E-state index contributed by atoms with van der Waals surface area (Å²) in [5.41, 5.74) is 2.04. The summed E-state index contributed by atoms with van der Waals surface area (Å²) in [6, 6.07) is 11.9. The van der Waals surface area contributed by atoms with Gasteiger partial charge in [-0.25, -0.2) is 0 Å². The molecule has 0 unspecified atom stereocenters. The van der Waals surface area contributed by atoms with Crippen molar-refractivity contribution in [2.45, 2.75) is 26.2 Å². The minimum atomic E-state index is -0.0785. The molecule has 0 radical (unpaired) electrons.